The summed E-state index contributed by atoms with van der Waals surface area (Å²) in [6, 6.07) is 3.76. The van der Waals surface area contributed by atoms with Gasteiger partial charge in [-0.05, 0) is 11.6 Å². The molecule has 0 saturated carbocycles. The monoisotopic (exact) mass is 279 g/mol. The molecule has 110 valence electrons. The SMILES string of the molecule is NC(=NO)c1ncccc1CNCCN1CCOCC1. The van der Waals surface area contributed by atoms with Crippen molar-refractivity contribution < 1.29 is 9.94 Å². The van der Waals surface area contributed by atoms with E-state index < -0.39 is 0 Å². The second-order valence-electron chi connectivity index (χ2n) is 4.63. The molecule has 1 aromatic rings. The van der Waals surface area contributed by atoms with Crippen LogP contribution in [0.2, 0.25) is 0 Å². The van der Waals surface area contributed by atoms with E-state index in [1.807, 2.05) is 12.1 Å². The van der Waals surface area contributed by atoms with Crippen LogP contribution in [0.4, 0.5) is 0 Å². The maximum atomic E-state index is 8.74. The Kier molecular flexibility index (Phi) is 5.72. The van der Waals surface area contributed by atoms with Gasteiger partial charge in [-0.1, -0.05) is 11.2 Å². The maximum absolute atomic E-state index is 8.74. The number of morpholine rings is 1. The summed E-state index contributed by atoms with van der Waals surface area (Å²) < 4.78 is 5.31. The average molecular weight is 279 g/mol. The van der Waals surface area contributed by atoms with Crippen molar-refractivity contribution in [3.05, 3.63) is 29.6 Å². The third kappa shape index (κ3) is 4.16. The predicted molar refractivity (Wildman–Crippen MR) is 75.7 cm³/mol. The Morgan fingerprint density at radius 3 is 3.05 bits per heavy atom. The summed E-state index contributed by atoms with van der Waals surface area (Å²) in [5.74, 6) is 0.0376. The molecule has 0 unspecified atom stereocenters. The van der Waals surface area contributed by atoms with Crippen LogP contribution < -0.4 is 11.1 Å². The van der Waals surface area contributed by atoms with Crippen molar-refractivity contribution in [3.63, 3.8) is 0 Å². The van der Waals surface area contributed by atoms with E-state index in [-0.39, 0.29) is 5.84 Å². The highest BCUT2D eigenvalue weighted by Gasteiger charge is 2.10. The largest absolute Gasteiger partial charge is 0.409 e. The second-order valence-corrected chi connectivity index (χ2v) is 4.63. The van der Waals surface area contributed by atoms with Gasteiger partial charge in [-0.15, -0.1) is 0 Å². The van der Waals surface area contributed by atoms with E-state index in [1.165, 1.54) is 0 Å². The number of aromatic nitrogens is 1. The van der Waals surface area contributed by atoms with Crippen molar-refractivity contribution in [3.8, 4) is 0 Å². The van der Waals surface area contributed by atoms with E-state index in [9.17, 15) is 0 Å². The number of nitrogens with zero attached hydrogens (tertiary/aromatic N) is 3. The van der Waals surface area contributed by atoms with Gasteiger partial charge in [0.2, 0.25) is 0 Å². The van der Waals surface area contributed by atoms with Crippen molar-refractivity contribution >= 4 is 5.84 Å². The van der Waals surface area contributed by atoms with Crippen LogP contribution in [0.5, 0.6) is 0 Å². The molecule has 1 saturated heterocycles. The van der Waals surface area contributed by atoms with Gasteiger partial charge in [0.25, 0.3) is 0 Å². The maximum Gasteiger partial charge on any atom is 0.189 e. The first-order chi connectivity index (χ1) is 9.81. The van der Waals surface area contributed by atoms with Crippen molar-refractivity contribution in [2.75, 3.05) is 39.4 Å². The fraction of sp³-hybridized carbons (Fsp3) is 0.538. The van der Waals surface area contributed by atoms with E-state index in [2.05, 4.69) is 20.4 Å². The third-order valence-corrected chi connectivity index (χ3v) is 3.27. The highest BCUT2D eigenvalue weighted by molar-refractivity contribution is 5.96. The van der Waals surface area contributed by atoms with E-state index in [1.54, 1.807) is 6.20 Å². The molecular formula is C13H21N5O2. The van der Waals surface area contributed by atoms with Gasteiger partial charge in [-0.25, -0.2) is 0 Å². The summed E-state index contributed by atoms with van der Waals surface area (Å²) in [6.07, 6.45) is 1.63. The zero-order chi connectivity index (χ0) is 14.2. The summed E-state index contributed by atoms with van der Waals surface area (Å²) in [5, 5.41) is 15.1. The second kappa shape index (κ2) is 7.78. The van der Waals surface area contributed by atoms with E-state index in [4.69, 9.17) is 15.7 Å². The average Bonchev–Trinajstić information content (AvgIpc) is 2.52. The zero-order valence-corrected chi connectivity index (χ0v) is 11.5. The van der Waals surface area contributed by atoms with Crippen molar-refractivity contribution in [1.82, 2.24) is 15.2 Å². The molecule has 7 heteroatoms. The molecule has 0 radical (unpaired) electrons. The highest BCUT2D eigenvalue weighted by Crippen LogP contribution is 2.04. The fourth-order valence-electron chi connectivity index (χ4n) is 2.14. The first-order valence-corrected chi connectivity index (χ1v) is 6.74. The Balaban J connectivity index is 1.79. The molecule has 7 nitrogen and oxygen atoms in total. The van der Waals surface area contributed by atoms with Gasteiger partial charge in [0, 0.05) is 38.9 Å². The molecule has 1 aromatic heterocycles. The Labute approximate surface area is 118 Å². The lowest BCUT2D eigenvalue weighted by atomic mass is 10.2. The van der Waals surface area contributed by atoms with Crippen LogP contribution >= 0.6 is 0 Å². The molecule has 1 aliphatic rings. The van der Waals surface area contributed by atoms with Gasteiger partial charge in [0.1, 0.15) is 5.69 Å². The number of rotatable bonds is 6. The quantitative estimate of drug-likeness (QED) is 0.215. The van der Waals surface area contributed by atoms with Crippen LogP contribution in [0.15, 0.2) is 23.5 Å². The van der Waals surface area contributed by atoms with Gasteiger partial charge in [-0.2, -0.15) is 0 Å². The van der Waals surface area contributed by atoms with E-state index >= 15 is 0 Å². The number of ether oxygens (including phenoxy) is 1. The predicted octanol–water partition coefficient (Wildman–Crippen LogP) is -0.402. The van der Waals surface area contributed by atoms with Gasteiger partial charge in [0.15, 0.2) is 5.84 Å². The van der Waals surface area contributed by atoms with Crippen LogP contribution in [-0.2, 0) is 11.3 Å². The summed E-state index contributed by atoms with van der Waals surface area (Å²) in [5.41, 5.74) is 7.05. The molecule has 1 aliphatic heterocycles. The van der Waals surface area contributed by atoms with Crippen LogP contribution in [0.25, 0.3) is 0 Å². The zero-order valence-electron chi connectivity index (χ0n) is 11.5. The Bertz CT molecular complexity index is 446. The van der Waals surface area contributed by atoms with Crippen molar-refractivity contribution in [2.45, 2.75) is 6.54 Å². The summed E-state index contributed by atoms with van der Waals surface area (Å²) in [6.45, 7) is 6.12. The first-order valence-electron chi connectivity index (χ1n) is 6.74. The molecular weight excluding hydrogens is 258 g/mol. The molecule has 4 N–H and O–H groups in total. The molecule has 0 aliphatic carbocycles. The number of hydrogen-bond donors (Lipinski definition) is 3. The normalized spacial score (nSPS) is 17.3. The molecule has 0 aromatic carbocycles. The Morgan fingerprint density at radius 2 is 2.30 bits per heavy atom. The smallest absolute Gasteiger partial charge is 0.189 e. The van der Waals surface area contributed by atoms with Gasteiger partial charge >= 0.3 is 0 Å². The highest BCUT2D eigenvalue weighted by atomic mass is 16.5. The molecule has 0 spiro atoms. The Morgan fingerprint density at radius 1 is 1.50 bits per heavy atom. The standard InChI is InChI=1S/C13H21N5O2/c14-13(17-19)12-11(2-1-3-16-12)10-15-4-5-18-6-8-20-9-7-18/h1-3,15,19H,4-10H2,(H2,14,17). The van der Waals surface area contributed by atoms with Gasteiger partial charge < -0.3 is 21.0 Å². The number of pyridine rings is 1. The van der Waals surface area contributed by atoms with Gasteiger partial charge in [-0.3, -0.25) is 9.88 Å². The molecule has 0 atom stereocenters. The van der Waals surface area contributed by atoms with Crippen molar-refractivity contribution in [1.29, 1.82) is 0 Å². The molecule has 2 heterocycles. The number of hydrogen-bond acceptors (Lipinski definition) is 6. The molecule has 1 fully saturated rings. The summed E-state index contributed by atoms with van der Waals surface area (Å²) in [4.78, 5) is 6.50. The third-order valence-electron chi connectivity index (χ3n) is 3.27. The minimum atomic E-state index is 0.0376. The minimum absolute atomic E-state index is 0.0376. The lowest BCUT2D eigenvalue weighted by Gasteiger charge is -2.26. The summed E-state index contributed by atoms with van der Waals surface area (Å²) in [7, 11) is 0. The first kappa shape index (κ1) is 14.7. The van der Waals surface area contributed by atoms with Crippen LogP contribution in [0, 0.1) is 0 Å². The van der Waals surface area contributed by atoms with E-state index in [0.29, 0.717) is 12.2 Å². The molecule has 20 heavy (non-hydrogen) atoms. The lowest BCUT2D eigenvalue weighted by Crippen LogP contribution is -2.40. The van der Waals surface area contributed by atoms with E-state index in [0.717, 1.165) is 45.0 Å². The number of nitrogens with two attached hydrogens (primary N) is 1. The number of amidine groups is 1. The number of oxime groups is 1. The minimum Gasteiger partial charge on any atom is -0.409 e. The van der Waals surface area contributed by atoms with Gasteiger partial charge in [0.05, 0.1) is 13.2 Å². The molecule has 0 bridgehead atoms. The number of nitrogens with one attached hydrogen (secondary N) is 1. The van der Waals surface area contributed by atoms with Crippen LogP contribution in [0.3, 0.4) is 0 Å². The topological polar surface area (TPSA) is 96.0 Å². The fourth-order valence-corrected chi connectivity index (χ4v) is 2.14. The molecule has 2 rings (SSSR count). The Hall–Kier alpha value is -1.70. The summed E-state index contributed by atoms with van der Waals surface area (Å²) >= 11 is 0. The van der Waals surface area contributed by atoms with Crippen LogP contribution in [-0.4, -0.2) is 60.3 Å². The lowest BCUT2D eigenvalue weighted by molar-refractivity contribution is 0.0384. The van der Waals surface area contributed by atoms with Crippen LogP contribution in [0.1, 0.15) is 11.3 Å². The van der Waals surface area contributed by atoms with Crippen molar-refractivity contribution in [2.24, 2.45) is 10.9 Å². The molecule has 0 amide bonds.